The molecular weight excluding hydrogens is 361 g/mol. The molecule has 1 aromatic carbocycles. The third-order valence-corrected chi connectivity index (χ3v) is 5.13. The van der Waals surface area contributed by atoms with Gasteiger partial charge in [0.2, 0.25) is 11.8 Å². The fraction of sp³-hybridized carbons (Fsp3) is 0.381. The molecule has 0 saturated carbocycles. The number of benzene rings is 1. The number of aromatic nitrogens is 2. The van der Waals surface area contributed by atoms with E-state index in [1.54, 1.807) is 12.1 Å². The van der Waals surface area contributed by atoms with Gasteiger partial charge in [-0.3, -0.25) is 4.79 Å². The highest BCUT2D eigenvalue weighted by molar-refractivity contribution is 5.79. The van der Waals surface area contributed by atoms with E-state index >= 15 is 0 Å². The highest BCUT2D eigenvalue weighted by atomic mass is 19.1. The Morgan fingerprint density at radius 3 is 2.93 bits per heavy atom. The van der Waals surface area contributed by atoms with Crippen LogP contribution in [0.4, 0.5) is 4.39 Å². The lowest BCUT2D eigenvalue weighted by atomic mass is 9.93. The number of ether oxygens (including phenoxy) is 2. The summed E-state index contributed by atoms with van der Waals surface area (Å²) in [6.07, 6.45) is 7.07. The van der Waals surface area contributed by atoms with E-state index in [9.17, 15) is 9.18 Å². The quantitative estimate of drug-likeness (QED) is 0.804. The topological polar surface area (TPSA) is 73.3 Å². The fourth-order valence-corrected chi connectivity index (χ4v) is 3.66. The molecule has 0 unspecified atom stereocenters. The summed E-state index contributed by atoms with van der Waals surface area (Å²) in [5.41, 5.74) is 1.83. The van der Waals surface area contributed by atoms with E-state index in [1.165, 1.54) is 19.2 Å². The number of allylic oxidation sites excluding steroid dienone is 2. The molecule has 0 spiro atoms. The van der Waals surface area contributed by atoms with Crippen molar-refractivity contribution >= 4 is 5.91 Å². The fourth-order valence-electron chi connectivity index (χ4n) is 3.66. The highest BCUT2D eigenvalue weighted by Crippen LogP contribution is 2.39. The minimum Gasteiger partial charge on any atom is -0.487 e. The average Bonchev–Trinajstić information content (AvgIpc) is 3.15. The third-order valence-electron chi connectivity index (χ3n) is 5.13. The molecule has 2 aromatic rings. The predicted molar refractivity (Wildman–Crippen MR) is 102 cm³/mol. The van der Waals surface area contributed by atoms with E-state index in [2.05, 4.69) is 27.7 Å². The molecule has 6 nitrogen and oxygen atoms in total. The molecule has 2 aliphatic rings. The van der Waals surface area contributed by atoms with Gasteiger partial charge in [-0.1, -0.05) is 12.2 Å². The maximum Gasteiger partial charge on any atom is 0.233 e. The molecule has 0 bridgehead atoms. The van der Waals surface area contributed by atoms with Crippen LogP contribution in [0.25, 0.3) is 11.3 Å². The van der Waals surface area contributed by atoms with Crippen LogP contribution in [0.3, 0.4) is 0 Å². The second kappa shape index (κ2) is 7.96. The van der Waals surface area contributed by atoms with Crippen LogP contribution >= 0.6 is 0 Å². The lowest BCUT2D eigenvalue weighted by molar-refractivity contribution is -0.125. The van der Waals surface area contributed by atoms with Gasteiger partial charge in [0.25, 0.3) is 0 Å². The van der Waals surface area contributed by atoms with Crippen LogP contribution < -0.4 is 14.8 Å². The van der Waals surface area contributed by atoms with Crippen molar-refractivity contribution in [3.63, 3.8) is 0 Å². The molecule has 146 valence electrons. The normalized spacial score (nSPS) is 20.4. The monoisotopic (exact) mass is 383 g/mol. The molecule has 7 heteroatoms. The van der Waals surface area contributed by atoms with Gasteiger partial charge in [-0.25, -0.2) is 4.39 Å². The molecule has 1 amide bonds. The number of methoxy groups -OCH3 is 1. The molecule has 2 heterocycles. The molecule has 1 N–H and O–H groups in total. The summed E-state index contributed by atoms with van der Waals surface area (Å²) in [6.45, 7) is 0.392. The molecule has 2 atom stereocenters. The van der Waals surface area contributed by atoms with Gasteiger partial charge in [-0.15, -0.1) is 10.2 Å². The van der Waals surface area contributed by atoms with Gasteiger partial charge < -0.3 is 14.8 Å². The van der Waals surface area contributed by atoms with Crippen molar-refractivity contribution in [1.29, 1.82) is 0 Å². The molecule has 0 saturated heterocycles. The predicted octanol–water partition coefficient (Wildman–Crippen LogP) is 3.07. The van der Waals surface area contributed by atoms with Crippen LogP contribution in [0.1, 0.15) is 24.8 Å². The maximum atomic E-state index is 14.1. The number of amides is 1. The number of halogens is 1. The number of nitrogens with one attached hydrogen (secondary N) is 1. The van der Waals surface area contributed by atoms with E-state index in [4.69, 9.17) is 9.47 Å². The molecule has 0 fully saturated rings. The molecular formula is C21H22FN3O3. The Bertz CT molecular complexity index is 899. The first-order chi connectivity index (χ1) is 13.6. The molecule has 0 radical (unpaired) electrons. The Labute approximate surface area is 162 Å². The molecule has 28 heavy (non-hydrogen) atoms. The standard InChI is InChI=1S/C21H22FN3O3/c1-27-19-8-7-18(24-25-19)17-11-15(22)9-14-10-16(28-20(14)17)12-23-21(26)13-5-3-2-4-6-13/h2-3,7-9,11,13,16H,4-6,10,12H2,1H3,(H,23,26)/t13-,16-/m1/s1. The average molecular weight is 383 g/mol. The van der Waals surface area contributed by atoms with Crippen molar-refractivity contribution < 1.29 is 18.7 Å². The minimum atomic E-state index is -0.353. The van der Waals surface area contributed by atoms with Crippen LogP contribution in [-0.2, 0) is 11.2 Å². The number of rotatable bonds is 5. The van der Waals surface area contributed by atoms with Gasteiger partial charge in [-0.2, -0.15) is 0 Å². The van der Waals surface area contributed by atoms with E-state index in [-0.39, 0.29) is 23.7 Å². The number of carbonyl (C=O) groups excluding carboxylic acids is 1. The van der Waals surface area contributed by atoms with E-state index < -0.39 is 0 Å². The Morgan fingerprint density at radius 2 is 2.21 bits per heavy atom. The van der Waals surface area contributed by atoms with Crippen molar-refractivity contribution in [2.24, 2.45) is 5.92 Å². The van der Waals surface area contributed by atoms with Gasteiger partial charge in [0.05, 0.1) is 19.3 Å². The number of carbonyl (C=O) groups is 1. The first-order valence-corrected chi connectivity index (χ1v) is 9.44. The van der Waals surface area contributed by atoms with Crippen molar-refractivity contribution in [3.8, 4) is 22.9 Å². The Balaban J connectivity index is 1.46. The SMILES string of the molecule is COc1ccc(-c2cc(F)cc3c2O[C@@H](CNC(=O)[C@@H]2CC=CCC2)C3)nn1. The maximum absolute atomic E-state index is 14.1. The van der Waals surface area contributed by atoms with Crippen LogP contribution in [0, 0.1) is 11.7 Å². The summed E-state index contributed by atoms with van der Waals surface area (Å²) in [6, 6.07) is 6.26. The third kappa shape index (κ3) is 3.83. The van der Waals surface area contributed by atoms with Crippen LogP contribution in [0.15, 0.2) is 36.4 Å². The summed E-state index contributed by atoms with van der Waals surface area (Å²) in [5.74, 6) is 0.706. The zero-order chi connectivity index (χ0) is 19.5. The van der Waals surface area contributed by atoms with Gasteiger partial charge in [0.15, 0.2) is 0 Å². The Hall–Kier alpha value is -2.96. The lowest BCUT2D eigenvalue weighted by Gasteiger charge is -2.19. The van der Waals surface area contributed by atoms with Crippen LogP contribution in [0.5, 0.6) is 11.6 Å². The summed E-state index contributed by atoms with van der Waals surface area (Å²) in [4.78, 5) is 12.3. The zero-order valence-electron chi connectivity index (χ0n) is 15.7. The first-order valence-electron chi connectivity index (χ1n) is 9.44. The number of hydrogen-bond acceptors (Lipinski definition) is 5. The minimum absolute atomic E-state index is 0.0244. The van der Waals surface area contributed by atoms with Crippen molar-refractivity contribution in [2.75, 3.05) is 13.7 Å². The second-order valence-corrected chi connectivity index (χ2v) is 7.07. The summed E-state index contributed by atoms with van der Waals surface area (Å²) in [7, 11) is 1.51. The smallest absolute Gasteiger partial charge is 0.233 e. The lowest BCUT2D eigenvalue weighted by Crippen LogP contribution is -2.38. The van der Waals surface area contributed by atoms with Crippen LogP contribution in [-0.4, -0.2) is 35.9 Å². The van der Waals surface area contributed by atoms with Gasteiger partial charge in [0, 0.05) is 29.5 Å². The van der Waals surface area contributed by atoms with Crippen LogP contribution in [0.2, 0.25) is 0 Å². The molecule has 4 rings (SSSR count). The number of nitrogens with zero attached hydrogens (tertiary/aromatic N) is 2. The first kappa shape index (κ1) is 18.4. The van der Waals surface area contributed by atoms with Gasteiger partial charge in [-0.05, 0) is 37.5 Å². The van der Waals surface area contributed by atoms with E-state index in [1.807, 2.05) is 0 Å². The summed E-state index contributed by atoms with van der Waals surface area (Å²) >= 11 is 0. The second-order valence-electron chi connectivity index (χ2n) is 7.07. The number of fused-ring (bicyclic) bond motifs is 1. The zero-order valence-corrected chi connectivity index (χ0v) is 15.7. The van der Waals surface area contributed by atoms with Gasteiger partial charge >= 0.3 is 0 Å². The molecule has 1 aromatic heterocycles. The highest BCUT2D eigenvalue weighted by Gasteiger charge is 2.29. The van der Waals surface area contributed by atoms with E-state index in [0.717, 1.165) is 24.8 Å². The largest absolute Gasteiger partial charge is 0.487 e. The van der Waals surface area contributed by atoms with Crippen molar-refractivity contribution in [2.45, 2.75) is 31.8 Å². The van der Waals surface area contributed by atoms with Gasteiger partial charge in [0.1, 0.15) is 17.7 Å². The Kier molecular flexibility index (Phi) is 5.23. The molecule has 1 aliphatic carbocycles. The summed E-state index contributed by atoms with van der Waals surface area (Å²) < 4.78 is 25.2. The summed E-state index contributed by atoms with van der Waals surface area (Å²) in [5, 5.41) is 11.0. The Morgan fingerprint density at radius 1 is 1.32 bits per heavy atom. The van der Waals surface area contributed by atoms with Crippen molar-refractivity contribution in [1.82, 2.24) is 15.5 Å². The van der Waals surface area contributed by atoms with E-state index in [0.29, 0.717) is 35.9 Å². The van der Waals surface area contributed by atoms with Crippen molar-refractivity contribution in [3.05, 3.63) is 47.8 Å². The number of hydrogen-bond donors (Lipinski definition) is 1. The molecule has 1 aliphatic heterocycles.